The molecular formula is C24H42N2O3. The van der Waals surface area contributed by atoms with Crippen LogP contribution in [0, 0.1) is 28.6 Å². The SMILES string of the molecule is CC(C)(C)CCCCNC(=O)C1CCC(CN2C(=O)CC(C(C)(C)C)C2=O)CC1. The fraction of sp³-hybridized carbons (Fsp3) is 0.875. The number of imide groups is 1. The predicted molar refractivity (Wildman–Crippen MR) is 116 cm³/mol. The summed E-state index contributed by atoms with van der Waals surface area (Å²) in [4.78, 5) is 39.0. The van der Waals surface area contributed by atoms with E-state index in [2.05, 4.69) is 26.1 Å². The summed E-state index contributed by atoms with van der Waals surface area (Å²) in [7, 11) is 0. The Bertz CT molecular complexity index is 592. The van der Waals surface area contributed by atoms with E-state index >= 15 is 0 Å². The van der Waals surface area contributed by atoms with Crippen molar-refractivity contribution in [3.63, 3.8) is 0 Å². The van der Waals surface area contributed by atoms with Crippen LogP contribution < -0.4 is 5.32 Å². The highest BCUT2D eigenvalue weighted by atomic mass is 16.2. The molecule has 2 aliphatic rings. The minimum Gasteiger partial charge on any atom is -0.356 e. The molecule has 0 aromatic rings. The first-order valence-electron chi connectivity index (χ1n) is 11.5. The van der Waals surface area contributed by atoms with E-state index in [1.54, 1.807) is 0 Å². The van der Waals surface area contributed by atoms with E-state index in [4.69, 9.17) is 0 Å². The average molecular weight is 407 g/mol. The molecule has 1 aliphatic carbocycles. The number of hydrogen-bond donors (Lipinski definition) is 1. The monoisotopic (exact) mass is 406 g/mol. The number of nitrogens with zero attached hydrogens (tertiary/aromatic N) is 1. The van der Waals surface area contributed by atoms with Gasteiger partial charge in [0.05, 0.1) is 5.92 Å². The summed E-state index contributed by atoms with van der Waals surface area (Å²) in [6, 6.07) is 0. The van der Waals surface area contributed by atoms with Crippen molar-refractivity contribution in [2.75, 3.05) is 13.1 Å². The van der Waals surface area contributed by atoms with Crippen molar-refractivity contribution in [3.8, 4) is 0 Å². The Hall–Kier alpha value is -1.39. The van der Waals surface area contributed by atoms with E-state index in [0.717, 1.165) is 45.1 Å². The summed E-state index contributed by atoms with van der Waals surface area (Å²) in [5.74, 6) is 0.372. The molecule has 5 heteroatoms. The van der Waals surface area contributed by atoms with Crippen LogP contribution in [0.4, 0.5) is 0 Å². The number of unbranched alkanes of at least 4 members (excludes halogenated alkanes) is 1. The molecule has 1 saturated heterocycles. The molecule has 2 rings (SSSR count). The number of likely N-dealkylation sites (tertiary alicyclic amines) is 1. The first-order valence-corrected chi connectivity index (χ1v) is 11.5. The van der Waals surface area contributed by atoms with Gasteiger partial charge in [0.15, 0.2) is 0 Å². The van der Waals surface area contributed by atoms with E-state index in [1.165, 1.54) is 11.3 Å². The van der Waals surface area contributed by atoms with Crippen LogP contribution in [-0.2, 0) is 14.4 Å². The quantitative estimate of drug-likeness (QED) is 0.498. The van der Waals surface area contributed by atoms with Gasteiger partial charge in [-0.1, -0.05) is 48.0 Å². The van der Waals surface area contributed by atoms with Crippen LogP contribution in [0.15, 0.2) is 0 Å². The molecule has 3 amide bonds. The molecule has 1 atom stereocenters. The van der Waals surface area contributed by atoms with Gasteiger partial charge >= 0.3 is 0 Å². The highest BCUT2D eigenvalue weighted by molar-refractivity contribution is 6.03. The molecule has 29 heavy (non-hydrogen) atoms. The van der Waals surface area contributed by atoms with E-state index in [0.29, 0.717) is 24.3 Å². The lowest BCUT2D eigenvalue weighted by Gasteiger charge is -2.31. The molecule has 2 fully saturated rings. The second kappa shape index (κ2) is 9.61. The van der Waals surface area contributed by atoms with Gasteiger partial charge in [0, 0.05) is 25.4 Å². The summed E-state index contributed by atoms with van der Waals surface area (Å²) in [5.41, 5.74) is 0.178. The summed E-state index contributed by atoms with van der Waals surface area (Å²) in [6.45, 7) is 14.1. The lowest BCUT2D eigenvalue weighted by molar-refractivity contribution is -0.141. The lowest BCUT2D eigenvalue weighted by Crippen LogP contribution is -2.39. The Labute approximate surface area is 177 Å². The average Bonchev–Trinajstić information content (AvgIpc) is 2.89. The zero-order valence-electron chi connectivity index (χ0n) is 19.5. The van der Waals surface area contributed by atoms with E-state index in [1.807, 2.05) is 20.8 Å². The van der Waals surface area contributed by atoms with Gasteiger partial charge < -0.3 is 5.32 Å². The zero-order valence-corrected chi connectivity index (χ0v) is 19.5. The van der Waals surface area contributed by atoms with Crippen LogP contribution in [-0.4, -0.2) is 35.7 Å². The van der Waals surface area contributed by atoms with Crippen molar-refractivity contribution in [2.45, 2.75) is 92.9 Å². The molecule has 1 saturated carbocycles. The Kier molecular flexibility index (Phi) is 7.92. The highest BCUT2D eigenvalue weighted by Gasteiger charge is 2.45. The van der Waals surface area contributed by atoms with E-state index in [9.17, 15) is 14.4 Å². The molecule has 1 unspecified atom stereocenters. The maximum atomic E-state index is 12.7. The lowest BCUT2D eigenvalue weighted by atomic mass is 9.79. The fourth-order valence-electron chi connectivity index (χ4n) is 4.55. The Morgan fingerprint density at radius 1 is 1.00 bits per heavy atom. The van der Waals surface area contributed by atoms with Crippen molar-refractivity contribution in [1.29, 1.82) is 0 Å². The number of carbonyl (C=O) groups is 3. The maximum Gasteiger partial charge on any atom is 0.233 e. The Morgan fingerprint density at radius 3 is 2.14 bits per heavy atom. The molecule has 1 N–H and O–H groups in total. The maximum absolute atomic E-state index is 12.7. The molecule has 1 heterocycles. The molecule has 0 aromatic heterocycles. The minimum atomic E-state index is -0.199. The van der Waals surface area contributed by atoms with Gasteiger partial charge in [0.2, 0.25) is 17.7 Å². The summed E-state index contributed by atoms with van der Waals surface area (Å²) < 4.78 is 0. The van der Waals surface area contributed by atoms with Crippen molar-refractivity contribution >= 4 is 17.7 Å². The molecule has 5 nitrogen and oxygen atoms in total. The number of amides is 3. The van der Waals surface area contributed by atoms with Crippen LogP contribution in [0.25, 0.3) is 0 Å². The van der Waals surface area contributed by atoms with Gasteiger partial charge in [0.1, 0.15) is 0 Å². The second-order valence-electron chi connectivity index (χ2n) is 11.5. The minimum absolute atomic E-state index is 0.00220. The summed E-state index contributed by atoms with van der Waals surface area (Å²) >= 11 is 0. The van der Waals surface area contributed by atoms with Gasteiger partial charge in [0.25, 0.3) is 0 Å². The third kappa shape index (κ3) is 7.11. The van der Waals surface area contributed by atoms with Gasteiger partial charge in [-0.05, 0) is 55.3 Å². The third-order valence-electron chi connectivity index (χ3n) is 6.60. The Morgan fingerprint density at radius 2 is 1.62 bits per heavy atom. The topological polar surface area (TPSA) is 66.5 Å². The van der Waals surface area contributed by atoms with Crippen molar-refractivity contribution in [1.82, 2.24) is 10.2 Å². The molecular weight excluding hydrogens is 364 g/mol. The molecule has 0 radical (unpaired) electrons. The third-order valence-corrected chi connectivity index (χ3v) is 6.60. The number of nitrogens with one attached hydrogen (secondary N) is 1. The molecule has 1 aliphatic heterocycles. The van der Waals surface area contributed by atoms with Crippen molar-refractivity contribution in [3.05, 3.63) is 0 Å². The van der Waals surface area contributed by atoms with Gasteiger partial charge in [-0.25, -0.2) is 0 Å². The standard InChI is InChI=1S/C24H42N2O3/c1-23(2,3)13-7-8-14-25-21(28)18-11-9-17(10-12-18)16-26-20(27)15-19(22(26)29)24(4,5)6/h17-19H,7-16H2,1-6H3,(H,25,28). The summed E-state index contributed by atoms with van der Waals surface area (Å²) in [5, 5.41) is 3.11. The van der Waals surface area contributed by atoms with Crippen molar-refractivity contribution < 1.29 is 14.4 Å². The van der Waals surface area contributed by atoms with Crippen LogP contribution >= 0.6 is 0 Å². The second-order valence-corrected chi connectivity index (χ2v) is 11.5. The first kappa shape index (κ1) is 23.9. The van der Waals surface area contributed by atoms with Crippen molar-refractivity contribution in [2.24, 2.45) is 28.6 Å². The fourth-order valence-corrected chi connectivity index (χ4v) is 4.55. The number of rotatable bonds is 7. The Balaban J connectivity index is 1.70. The van der Waals surface area contributed by atoms with E-state index < -0.39 is 0 Å². The summed E-state index contributed by atoms with van der Waals surface area (Å²) in [6.07, 6.45) is 7.25. The molecule has 0 aromatic carbocycles. The highest BCUT2D eigenvalue weighted by Crippen LogP contribution is 2.37. The van der Waals surface area contributed by atoms with Gasteiger partial charge in [-0.15, -0.1) is 0 Å². The van der Waals surface area contributed by atoms with Gasteiger partial charge in [-0.3, -0.25) is 19.3 Å². The number of carbonyl (C=O) groups excluding carboxylic acids is 3. The molecule has 0 spiro atoms. The smallest absolute Gasteiger partial charge is 0.233 e. The molecule has 166 valence electrons. The predicted octanol–water partition coefficient (Wildman–Crippen LogP) is 4.55. The largest absolute Gasteiger partial charge is 0.356 e. The van der Waals surface area contributed by atoms with E-state index in [-0.39, 0.29) is 35.0 Å². The van der Waals surface area contributed by atoms with Crippen LogP contribution in [0.5, 0.6) is 0 Å². The molecule has 0 bridgehead atoms. The van der Waals surface area contributed by atoms with Gasteiger partial charge in [-0.2, -0.15) is 0 Å². The van der Waals surface area contributed by atoms with Crippen LogP contribution in [0.1, 0.15) is 92.9 Å². The van der Waals surface area contributed by atoms with Crippen LogP contribution in [0.2, 0.25) is 0 Å². The van der Waals surface area contributed by atoms with Crippen LogP contribution in [0.3, 0.4) is 0 Å². The first-order chi connectivity index (χ1) is 13.4. The number of hydrogen-bond acceptors (Lipinski definition) is 3. The zero-order chi connectivity index (χ0) is 21.8. The normalized spacial score (nSPS) is 26.1.